The van der Waals surface area contributed by atoms with Crippen molar-refractivity contribution in [3.8, 4) is 12.1 Å². The molecule has 1 aromatic carbocycles. The van der Waals surface area contributed by atoms with Crippen molar-refractivity contribution in [2.24, 2.45) is 10.2 Å². The number of hydrogen-bond acceptors (Lipinski definition) is 7. The largest absolute Gasteiger partial charge is 0.369 e. The van der Waals surface area contributed by atoms with Crippen LogP contribution in [0.1, 0.15) is 24.0 Å². The van der Waals surface area contributed by atoms with Gasteiger partial charge in [0, 0.05) is 18.8 Å². The summed E-state index contributed by atoms with van der Waals surface area (Å²) in [5, 5.41) is 28.7. The molecule has 0 aromatic heterocycles. The van der Waals surface area contributed by atoms with Gasteiger partial charge in [-0.1, -0.05) is 17.8 Å². The van der Waals surface area contributed by atoms with Crippen LogP contribution in [0.15, 0.2) is 28.4 Å². The molecular formula is C17H18N6OS. The van der Waals surface area contributed by atoms with Crippen LogP contribution in [-0.2, 0) is 4.79 Å². The lowest BCUT2D eigenvalue weighted by Crippen LogP contribution is -2.25. The number of nitrogens with one attached hydrogen (secondary N) is 1. The number of amides is 1. The summed E-state index contributed by atoms with van der Waals surface area (Å²) in [4.78, 5) is 13.1. The SMILES string of the molecule is Cc1cc(N(CCC#N)CCC#N)ccc1/C=N\N=C1/NC(=O)CS1. The molecule has 25 heavy (non-hydrogen) atoms. The molecule has 0 saturated carbocycles. The summed E-state index contributed by atoms with van der Waals surface area (Å²) in [6.45, 7) is 3.15. The lowest BCUT2D eigenvalue weighted by atomic mass is 10.1. The van der Waals surface area contributed by atoms with Gasteiger partial charge in [-0.25, -0.2) is 0 Å². The Morgan fingerprint density at radius 3 is 2.60 bits per heavy atom. The second kappa shape index (κ2) is 9.45. The topological polar surface area (TPSA) is 105 Å². The smallest absolute Gasteiger partial charge is 0.236 e. The predicted molar refractivity (Wildman–Crippen MR) is 99.5 cm³/mol. The normalized spacial score (nSPS) is 15.2. The lowest BCUT2D eigenvalue weighted by Gasteiger charge is -2.23. The summed E-state index contributed by atoms with van der Waals surface area (Å²) in [5.74, 6) is 0.317. The van der Waals surface area contributed by atoms with Crippen molar-refractivity contribution in [3.05, 3.63) is 29.3 Å². The first kappa shape index (κ1) is 18.5. The van der Waals surface area contributed by atoms with Gasteiger partial charge in [0.2, 0.25) is 5.91 Å². The summed E-state index contributed by atoms with van der Waals surface area (Å²) in [6, 6.07) is 10.2. The van der Waals surface area contributed by atoms with Crippen LogP contribution in [0.4, 0.5) is 5.69 Å². The number of aryl methyl sites for hydroxylation is 1. The maximum absolute atomic E-state index is 11.1. The molecule has 1 fully saturated rings. The van der Waals surface area contributed by atoms with E-state index in [1.807, 2.05) is 30.0 Å². The molecule has 0 unspecified atom stereocenters. The number of thioether (sulfide) groups is 1. The van der Waals surface area contributed by atoms with Gasteiger partial charge < -0.3 is 10.2 Å². The second-order valence-electron chi connectivity index (χ2n) is 5.33. The average Bonchev–Trinajstić information content (AvgIpc) is 3.02. The maximum Gasteiger partial charge on any atom is 0.236 e. The van der Waals surface area contributed by atoms with Crippen LogP contribution in [0.25, 0.3) is 0 Å². The summed E-state index contributed by atoms with van der Waals surface area (Å²) < 4.78 is 0. The number of nitrogens with zero attached hydrogens (tertiary/aromatic N) is 5. The van der Waals surface area contributed by atoms with Crippen molar-refractivity contribution in [2.45, 2.75) is 19.8 Å². The third kappa shape index (κ3) is 5.63. The molecule has 0 bridgehead atoms. The first-order chi connectivity index (χ1) is 12.1. The van der Waals surface area contributed by atoms with Crippen molar-refractivity contribution in [2.75, 3.05) is 23.7 Å². The number of nitriles is 2. The van der Waals surface area contributed by atoms with Crippen molar-refractivity contribution >= 4 is 34.7 Å². The van der Waals surface area contributed by atoms with Crippen LogP contribution in [0.3, 0.4) is 0 Å². The fourth-order valence-electron chi connectivity index (χ4n) is 2.26. The fraction of sp³-hybridized carbons (Fsp3) is 0.353. The molecule has 1 aliphatic rings. The number of benzene rings is 1. The molecule has 1 amide bonds. The van der Waals surface area contributed by atoms with Crippen molar-refractivity contribution in [3.63, 3.8) is 0 Å². The van der Waals surface area contributed by atoms with Crippen LogP contribution in [-0.4, -0.2) is 36.1 Å². The van der Waals surface area contributed by atoms with Gasteiger partial charge in [-0.05, 0) is 30.2 Å². The van der Waals surface area contributed by atoms with Crippen molar-refractivity contribution in [1.82, 2.24) is 5.32 Å². The maximum atomic E-state index is 11.1. The Morgan fingerprint density at radius 1 is 1.32 bits per heavy atom. The highest BCUT2D eigenvalue weighted by atomic mass is 32.2. The number of carbonyl (C=O) groups is 1. The van der Waals surface area contributed by atoms with E-state index in [0.29, 0.717) is 36.9 Å². The predicted octanol–water partition coefficient (Wildman–Crippen LogP) is 2.18. The monoisotopic (exact) mass is 354 g/mol. The zero-order chi connectivity index (χ0) is 18.1. The second-order valence-corrected chi connectivity index (χ2v) is 6.29. The minimum absolute atomic E-state index is 0.0608. The number of hydrogen-bond donors (Lipinski definition) is 1. The quantitative estimate of drug-likeness (QED) is 0.597. The molecule has 1 saturated heterocycles. The number of anilines is 1. The third-order valence-electron chi connectivity index (χ3n) is 3.54. The van der Waals surface area contributed by atoms with Crippen LogP contribution < -0.4 is 10.2 Å². The van der Waals surface area contributed by atoms with E-state index in [9.17, 15) is 4.79 Å². The Hall–Kier alpha value is -2.84. The number of amidine groups is 1. The van der Waals surface area contributed by atoms with Gasteiger partial charge in [0.05, 0.1) is 36.9 Å². The lowest BCUT2D eigenvalue weighted by molar-refractivity contribution is -0.116. The zero-order valence-electron chi connectivity index (χ0n) is 13.9. The molecule has 7 nitrogen and oxygen atoms in total. The van der Waals surface area contributed by atoms with E-state index in [1.54, 1.807) is 6.21 Å². The number of carbonyl (C=O) groups excluding carboxylic acids is 1. The molecule has 1 heterocycles. The number of rotatable bonds is 7. The van der Waals surface area contributed by atoms with Gasteiger partial charge in [-0.15, -0.1) is 5.10 Å². The molecule has 0 aliphatic carbocycles. The van der Waals surface area contributed by atoms with Gasteiger partial charge in [0.25, 0.3) is 0 Å². The van der Waals surface area contributed by atoms with Crippen LogP contribution in [0.5, 0.6) is 0 Å². The summed E-state index contributed by atoms with van der Waals surface area (Å²) in [5.41, 5.74) is 2.91. The molecule has 1 aromatic rings. The first-order valence-corrected chi connectivity index (χ1v) is 8.75. The molecule has 128 valence electrons. The fourth-order valence-corrected chi connectivity index (χ4v) is 2.89. The van der Waals surface area contributed by atoms with Crippen molar-refractivity contribution < 1.29 is 4.79 Å². The highest BCUT2D eigenvalue weighted by Gasteiger charge is 2.16. The van der Waals surface area contributed by atoms with Crippen LogP contribution in [0.2, 0.25) is 0 Å². The Morgan fingerprint density at radius 2 is 2.04 bits per heavy atom. The van der Waals surface area contributed by atoms with E-state index >= 15 is 0 Å². The van der Waals surface area contributed by atoms with Crippen LogP contribution >= 0.6 is 11.8 Å². The van der Waals surface area contributed by atoms with E-state index in [4.69, 9.17) is 10.5 Å². The highest BCUT2D eigenvalue weighted by Crippen LogP contribution is 2.19. The van der Waals surface area contributed by atoms with Crippen LogP contribution in [0, 0.1) is 29.6 Å². The summed E-state index contributed by atoms with van der Waals surface area (Å²) >= 11 is 1.33. The molecule has 0 atom stereocenters. The molecule has 1 N–H and O–H groups in total. The standard InChI is InChI=1S/C17H18N6OS/c1-13-10-15(23(8-2-6-18)9-3-7-19)5-4-14(13)11-20-22-17-21-16(24)12-25-17/h4-5,10-11H,2-3,8-9,12H2,1H3,(H,21,22,24)/b20-11-. The van der Waals surface area contributed by atoms with E-state index in [0.717, 1.165) is 16.8 Å². The Labute approximate surface area is 151 Å². The summed E-state index contributed by atoms with van der Waals surface area (Å²) in [7, 11) is 0. The van der Waals surface area contributed by atoms with E-state index < -0.39 is 0 Å². The molecule has 0 spiro atoms. The Bertz CT molecular complexity index is 756. The molecule has 1 aliphatic heterocycles. The minimum atomic E-state index is -0.0608. The van der Waals surface area contributed by atoms with Crippen molar-refractivity contribution in [1.29, 1.82) is 10.5 Å². The molecule has 0 radical (unpaired) electrons. The third-order valence-corrected chi connectivity index (χ3v) is 4.40. The Balaban J connectivity index is 2.09. The van der Waals surface area contributed by atoms with Gasteiger partial charge >= 0.3 is 0 Å². The minimum Gasteiger partial charge on any atom is -0.369 e. The van der Waals surface area contributed by atoms with Gasteiger partial charge in [-0.2, -0.15) is 15.6 Å². The van der Waals surface area contributed by atoms with E-state index in [1.165, 1.54) is 11.8 Å². The van der Waals surface area contributed by atoms with E-state index in [-0.39, 0.29) is 5.91 Å². The highest BCUT2D eigenvalue weighted by molar-refractivity contribution is 8.15. The zero-order valence-corrected chi connectivity index (χ0v) is 14.7. The molecule has 2 rings (SSSR count). The Kier molecular flexibility index (Phi) is 7.00. The molecule has 8 heteroatoms. The molecular weight excluding hydrogens is 336 g/mol. The van der Waals surface area contributed by atoms with Gasteiger partial charge in [-0.3, -0.25) is 4.79 Å². The first-order valence-electron chi connectivity index (χ1n) is 7.77. The summed E-state index contributed by atoms with van der Waals surface area (Å²) in [6.07, 6.45) is 2.47. The van der Waals surface area contributed by atoms with Gasteiger partial charge in [0.15, 0.2) is 5.17 Å². The van der Waals surface area contributed by atoms with E-state index in [2.05, 4.69) is 27.7 Å². The average molecular weight is 354 g/mol. The van der Waals surface area contributed by atoms with Gasteiger partial charge in [0.1, 0.15) is 0 Å².